The summed E-state index contributed by atoms with van der Waals surface area (Å²) in [4.78, 5) is 24.2. The van der Waals surface area contributed by atoms with E-state index in [2.05, 4.69) is 20.8 Å². The van der Waals surface area contributed by atoms with Gasteiger partial charge in [-0.2, -0.15) is 0 Å². The molecule has 0 fully saturated rings. The number of carbonyl (C=O) groups excluding carboxylic acids is 2. The van der Waals surface area contributed by atoms with E-state index in [0.29, 0.717) is 12.2 Å². The van der Waals surface area contributed by atoms with Crippen LogP contribution in [0.3, 0.4) is 0 Å². The molecule has 1 atom stereocenters. The number of phenols is 1. The summed E-state index contributed by atoms with van der Waals surface area (Å²) in [5, 5.41) is 9.68. The van der Waals surface area contributed by atoms with Gasteiger partial charge in [0.2, 0.25) is 0 Å². The van der Waals surface area contributed by atoms with E-state index in [-0.39, 0.29) is 30.0 Å². The average molecular weight is 457 g/mol. The smallest absolute Gasteiger partial charge is 0.313 e. The Morgan fingerprint density at radius 2 is 1.33 bits per heavy atom. The van der Waals surface area contributed by atoms with Crippen molar-refractivity contribution in [3.63, 3.8) is 0 Å². The maximum atomic E-state index is 12.3. The van der Waals surface area contributed by atoms with E-state index in [1.165, 1.54) is 6.42 Å². The summed E-state index contributed by atoms with van der Waals surface area (Å²) >= 11 is 0. The van der Waals surface area contributed by atoms with Crippen LogP contribution in [0.15, 0.2) is 48.5 Å². The lowest BCUT2D eigenvalue weighted by Gasteiger charge is -2.31. The topological polar surface area (TPSA) is 72.8 Å². The van der Waals surface area contributed by atoms with Crippen molar-refractivity contribution < 1.29 is 24.2 Å². The van der Waals surface area contributed by atoms with Gasteiger partial charge in [0.15, 0.2) is 0 Å². The largest absolute Gasteiger partial charge is 0.508 e. The van der Waals surface area contributed by atoms with Gasteiger partial charge in [-0.05, 0) is 62.6 Å². The Labute approximate surface area is 199 Å². The van der Waals surface area contributed by atoms with Crippen molar-refractivity contribution >= 4 is 11.9 Å². The van der Waals surface area contributed by atoms with Gasteiger partial charge in [-0.25, -0.2) is 0 Å². The van der Waals surface area contributed by atoms with E-state index in [1.54, 1.807) is 38.1 Å². The van der Waals surface area contributed by atoms with E-state index in [1.807, 2.05) is 45.0 Å². The Morgan fingerprint density at radius 3 is 1.76 bits per heavy atom. The minimum absolute atomic E-state index is 0.184. The Morgan fingerprint density at radius 1 is 0.879 bits per heavy atom. The van der Waals surface area contributed by atoms with Gasteiger partial charge in [0, 0.05) is 11.8 Å². The highest BCUT2D eigenvalue weighted by Crippen LogP contribution is 2.38. The second-order valence-corrected chi connectivity index (χ2v) is 9.77. The molecular weight excluding hydrogens is 416 g/mol. The molecule has 5 nitrogen and oxygen atoms in total. The van der Waals surface area contributed by atoms with Crippen molar-refractivity contribution in [1.82, 2.24) is 0 Å². The molecule has 0 saturated heterocycles. The van der Waals surface area contributed by atoms with Gasteiger partial charge in [-0.1, -0.05) is 65.3 Å². The fourth-order valence-corrected chi connectivity index (χ4v) is 3.15. The summed E-state index contributed by atoms with van der Waals surface area (Å²) in [6.07, 6.45) is 2.02. The molecule has 2 aromatic rings. The second kappa shape index (κ2) is 12.4. The zero-order valence-electron chi connectivity index (χ0n) is 21.4. The lowest BCUT2D eigenvalue weighted by molar-refractivity contribution is -0.155. The van der Waals surface area contributed by atoms with Crippen LogP contribution in [0.2, 0.25) is 0 Å². The first-order valence-corrected chi connectivity index (χ1v) is 11.7. The maximum absolute atomic E-state index is 12.3. The second-order valence-electron chi connectivity index (χ2n) is 9.77. The molecule has 1 unspecified atom stereocenters. The number of rotatable bonds is 7. The lowest BCUT2D eigenvalue weighted by atomic mass is 9.73. The van der Waals surface area contributed by atoms with Crippen LogP contribution in [-0.2, 0) is 19.7 Å². The number of ether oxygens (including phenoxy) is 2. The highest BCUT2D eigenvalue weighted by molar-refractivity contribution is 5.74. The number of carbonyl (C=O) groups is 2. The number of benzene rings is 2. The van der Waals surface area contributed by atoms with Crippen molar-refractivity contribution in [2.75, 3.05) is 0 Å². The molecule has 0 aromatic heterocycles. The number of esters is 2. The maximum Gasteiger partial charge on any atom is 0.313 e. The molecule has 1 N–H and O–H groups in total. The molecule has 0 bridgehead atoms. The zero-order chi connectivity index (χ0) is 25.2. The monoisotopic (exact) mass is 456 g/mol. The first-order chi connectivity index (χ1) is 15.3. The summed E-state index contributed by atoms with van der Waals surface area (Å²) in [5.41, 5.74) is 0.913. The molecule has 2 aromatic carbocycles. The van der Waals surface area contributed by atoms with Gasteiger partial charge < -0.3 is 14.6 Å². The van der Waals surface area contributed by atoms with Crippen LogP contribution in [0.1, 0.15) is 85.8 Å². The van der Waals surface area contributed by atoms with E-state index >= 15 is 0 Å². The number of aromatic hydroxyl groups is 1. The quantitative estimate of drug-likeness (QED) is 0.366. The van der Waals surface area contributed by atoms with E-state index in [9.17, 15) is 14.7 Å². The van der Waals surface area contributed by atoms with Crippen molar-refractivity contribution in [1.29, 1.82) is 0 Å². The number of hydrogen-bond acceptors (Lipinski definition) is 5. The molecule has 0 amide bonds. The molecule has 5 heteroatoms. The van der Waals surface area contributed by atoms with Crippen LogP contribution in [0.4, 0.5) is 0 Å². The third-order valence-electron chi connectivity index (χ3n) is 4.93. The summed E-state index contributed by atoms with van der Waals surface area (Å²) < 4.78 is 10.8. The Kier molecular flexibility index (Phi) is 10.6. The summed E-state index contributed by atoms with van der Waals surface area (Å²) in [6.45, 7) is 15.4. The highest BCUT2D eigenvalue weighted by Gasteiger charge is 2.31. The Balaban J connectivity index is 0.00000172. The number of hydrogen-bond donors (Lipinski definition) is 1. The molecule has 0 radical (unpaired) electrons. The molecule has 2 rings (SSSR count). The Bertz CT molecular complexity index is 876. The minimum atomic E-state index is -0.534. The van der Waals surface area contributed by atoms with Crippen molar-refractivity contribution in [2.45, 2.75) is 85.7 Å². The lowest BCUT2D eigenvalue weighted by Crippen LogP contribution is -2.28. The van der Waals surface area contributed by atoms with Gasteiger partial charge in [0.25, 0.3) is 0 Å². The fraction of sp³-hybridized carbons (Fsp3) is 0.500. The van der Waals surface area contributed by atoms with Crippen molar-refractivity contribution in [3.05, 3.63) is 59.7 Å². The SMILES string of the molecule is CC(C)C(=O)Oc1ccc(C(C)(CCC(=O)OC(C)(C)C)c2ccc(O)cc2)cc1.CCC. The first-order valence-electron chi connectivity index (χ1n) is 11.7. The van der Waals surface area contributed by atoms with E-state index in [4.69, 9.17) is 9.47 Å². The molecule has 0 heterocycles. The van der Waals surface area contributed by atoms with Gasteiger partial charge in [0.1, 0.15) is 17.1 Å². The average Bonchev–Trinajstić information content (AvgIpc) is 2.72. The van der Waals surface area contributed by atoms with E-state index < -0.39 is 11.0 Å². The van der Waals surface area contributed by atoms with Gasteiger partial charge in [0.05, 0.1) is 5.92 Å². The van der Waals surface area contributed by atoms with Crippen LogP contribution in [0.25, 0.3) is 0 Å². The van der Waals surface area contributed by atoms with Gasteiger partial charge in [-0.3, -0.25) is 9.59 Å². The standard InChI is InChI=1S/C25H32O5.C3H8/c1-17(2)23(28)29-21-13-9-19(10-14-21)25(6,18-7-11-20(26)12-8-18)16-15-22(27)30-24(3,4)5;1-3-2/h7-14,17,26H,15-16H2,1-6H3;3H2,1-2H3. The summed E-state index contributed by atoms with van der Waals surface area (Å²) in [7, 11) is 0. The molecule has 0 aliphatic carbocycles. The van der Waals surface area contributed by atoms with Crippen LogP contribution >= 0.6 is 0 Å². The molecule has 0 spiro atoms. The van der Waals surface area contributed by atoms with Crippen molar-refractivity contribution in [3.8, 4) is 11.5 Å². The molecular formula is C28H40O5. The van der Waals surface area contributed by atoms with E-state index in [0.717, 1.165) is 11.1 Å². The van der Waals surface area contributed by atoms with Gasteiger partial charge >= 0.3 is 11.9 Å². The highest BCUT2D eigenvalue weighted by atomic mass is 16.6. The predicted molar refractivity (Wildman–Crippen MR) is 133 cm³/mol. The Hall–Kier alpha value is -2.82. The summed E-state index contributed by atoms with van der Waals surface area (Å²) in [5.74, 6) is -0.0773. The first kappa shape index (κ1) is 28.2. The molecule has 0 aliphatic rings. The number of phenolic OH excluding ortho intramolecular Hbond substituents is 1. The third kappa shape index (κ3) is 9.29. The van der Waals surface area contributed by atoms with Crippen LogP contribution in [-0.4, -0.2) is 22.6 Å². The molecule has 182 valence electrons. The molecule has 0 saturated carbocycles. The minimum Gasteiger partial charge on any atom is -0.508 e. The third-order valence-corrected chi connectivity index (χ3v) is 4.93. The predicted octanol–water partition coefficient (Wildman–Crippen LogP) is 6.80. The normalized spacial score (nSPS) is 12.9. The van der Waals surface area contributed by atoms with Crippen LogP contribution in [0, 0.1) is 5.92 Å². The summed E-state index contributed by atoms with van der Waals surface area (Å²) in [6, 6.07) is 14.3. The molecule has 0 aliphatic heterocycles. The molecule has 33 heavy (non-hydrogen) atoms. The van der Waals surface area contributed by atoms with Crippen molar-refractivity contribution in [2.24, 2.45) is 5.92 Å². The van der Waals surface area contributed by atoms with Crippen LogP contribution < -0.4 is 4.74 Å². The fourth-order valence-electron chi connectivity index (χ4n) is 3.15. The zero-order valence-corrected chi connectivity index (χ0v) is 21.4. The van der Waals surface area contributed by atoms with Gasteiger partial charge in [-0.15, -0.1) is 0 Å². The van der Waals surface area contributed by atoms with Crippen LogP contribution in [0.5, 0.6) is 11.5 Å².